The lowest BCUT2D eigenvalue weighted by atomic mass is 9.80. The number of nitrogens with one attached hydrogen (secondary N) is 1. The van der Waals surface area contributed by atoms with Crippen LogP contribution in [0.25, 0.3) is 16.7 Å². The van der Waals surface area contributed by atoms with Gasteiger partial charge >= 0.3 is 5.63 Å². The number of hydrogen-bond acceptors (Lipinski definition) is 4. The van der Waals surface area contributed by atoms with Gasteiger partial charge in [-0.2, -0.15) is 0 Å². The zero-order valence-electron chi connectivity index (χ0n) is 15.3. The first kappa shape index (κ1) is 16.1. The Balaban J connectivity index is 1.73. The zero-order chi connectivity index (χ0) is 19.5. The number of rotatable bonds is 1. The van der Waals surface area contributed by atoms with Gasteiger partial charge in [0.1, 0.15) is 5.58 Å². The van der Waals surface area contributed by atoms with Crippen LogP contribution in [-0.2, 0) is 0 Å². The Bertz CT molecular complexity index is 1410. The van der Waals surface area contributed by atoms with E-state index >= 15 is 0 Å². The predicted octanol–water partition coefficient (Wildman–Crippen LogP) is 4.96. The van der Waals surface area contributed by atoms with Crippen molar-refractivity contribution >= 4 is 28.1 Å². The SMILES string of the molecule is O=C1C2=C(Nc3c(c(=O)oc4ccccc34)C2c2ccccc2)c2ccccc21. The minimum atomic E-state index is -0.483. The molecule has 6 rings (SSSR count). The molecule has 0 fully saturated rings. The maximum atomic E-state index is 13.4. The lowest BCUT2D eigenvalue weighted by Crippen LogP contribution is -2.25. The first-order chi connectivity index (χ1) is 14.2. The summed E-state index contributed by atoms with van der Waals surface area (Å²) in [6.07, 6.45) is 0. The van der Waals surface area contributed by atoms with Gasteiger partial charge < -0.3 is 9.73 Å². The topological polar surface area (TPSA) is 59.3 Å². The monoisotopic (exact) mass is 377 g/mol. The highest BCUT2D eigenvalue weighted by molar-refractivity contribution is 6.24. The molecule has 1 unspecified atom stereocenters. The van der Waals surface area contributed by atoms with Gasteiger partial charge in [-0.15, -0.1) is 0 Å². The van der Waals surface area contributed by atoms with Gasteiger partial charge in [-0.1, -0.05) is 66.7 Å². The molecule has 4 heteroatoms. The quantitative estimate of drug-likeness (QED) is 0.477. The van der Waals surface area contributed by atoms with Gasteiger partial charge in [0.15, 0.2) is 5.78 Å². The molecule has 1 N–H and O–H groups in total. The second-order valence-electron chi connectivity index (χ2n) is 7.31. The van der Waals surface area contributed by atoms with E-state index in [9.17, 15) is 9.59 Å². The van der Waals surface area contributed by atoms with Crippen LogP contribution in [0.15, 0.2) is 93.6 Å². The molecule has 2 aliphatic rings. The largest absolute Gasteiger partial charge is 0.422 e. The third-order valence-electron chi connectivity index (χ3n) is 5.76. The molecule has 4 aromatic rings. The van der Waals surface area contributed by atoms with Crippen molar-refractivity contribution in [3.8, 4) is 0 Å². The Kier molecular flexibility index (Phi) is 3.21. The molecule has 2 heterocycles. The summed E-state index contributed by atoms with van der Waals surface area (Å²) < 4.78 is 5.64. The summed E-state index contributed by atoms with van der Waals surface area (Å²) in [5.41, 5.74) is 5.11. The standard InChI is InChI=1S/C25H15NO3/c27-24-16-11-5-4-10-15(16)22-20(24)19(14-8-2-1-3-9-14)21-23(26-22)17-12-6-7-13-18(17)29-25(21)28/h1-13,19,26H. The second kappa shape index (κ2) is 5.79. The molecule has 0 saturated carbocycles. The van der Waals surface area contributed by atoms with E-state index in [0.29, 0.717) is 28.0 Å². The predicted molar refractivity (Wildman–Crippen MR) is 112 cm³/mol. The van der Waals surface area contributed by atoms with Crippen LogP contribution < -0.4 is 10.9 Å². The van der Waals surface area contributed by atoms with Crippen LogP contribution in [0.3, 0.4) is 0 Å². The van der Waals surface area contributed by atoms with Gasteiger partial charge in [-0.25, -0.2) is 4.79 Å². The van der Waals surface area contributed by atoms with Crippen molar-refractivity contribution in [1.82, 2.24) is 0 Å². The second-order valence-corrected chi connectivity index (χ2v) is 7.31. The van der Waals surface area contributed by atoms with Crippen molar-refractivity contribution in [2.75, 3.05) is 5.32 Å². The highest BCUT2D eigenvalue weighted by atomic mass is 16.4. The third kappa shape index (κ3) is 2.14. The van der Waals surface area contributed by atoms with Gasteiger partial charge in [-0.05, 0) is 17.7 Å². The molecule has 3 aromatic carbocycles. The van der Waals surface area contributed by atoms with Crippen LogP contribution in [0.5, 0.6) is 0 Å². The van der Waals surface area contributed by atoms with Crippen molar-refractivity contribution in [2.45, 2.75) is 5.92 Å². The van der Waals surface area contributed by atoms with Crippen LogP contribution in [0.2, 0.25) is 0 Å². The number of fused-ring (bicyclic) bond motifs is 5. The Morgan fingerprint density at radius 2 is 1.45 bits per heavy atom. The first-order valence-electron chi connectivity index (χ1n) is 9.50. The van der Waals surface area contributed by atoms with Crippen molar-refractivity contribution in [1.29, 1.82) is 0 Å². The Morgan fingerprint density at radius 3 is 2.28 bits per heavy atom. The molecule has 0 bridgehead atoms. The van der Waals surface area contributed by atoms with E-state index in [2.05, 4.69) is 5.32 Å². The number of carbonyl (C=O) groups is 1. The molecule has 1 aromatic heterocycles. The van der Waals surface area contributed by atoms with E-state index in [1.807, 2.05) is 72.8 Å². The van der Waals surface area contributed by atoms with Gasteiger partial charge in [0, 0.05) is 28.0 Å². The normalized spacial score (nSPS) is 17.0. The van der Waals surface area contributed by atoms with Crippen molar-refractivity contribution in [2.24, 2.45) is 0 Å². The number of allylic oxidation sites excluding steroid dienone is 1. The number of Topliss-reactive ketones (excluding diaryl/α,β-unsaturated/α-hetero) is 1. The lowest BCUT2D eigenvalue weighted by Gasteiger charge is -2.28. The summed E-state index contributed by atoms with van der Waals surface area (Å²) in [7, 11) is 0. The first-order valence-corrected chi connectivity index (χ1v) is 9.50. The molecule has 138 valence electrons. The number of hydrogen-bond donors (Lipinski definition) is 1. The average molecular weight is 377 g/mol. The summed E-state index contributed by atoms with van der Waals surface area (Å²) in [5, 5.41) is 4.25. The molecule has 0 saturated heterocycles. The minimum Gasteiger partial charge on any atom is -0.422 e. The fraction of sp³-hybridized carbons (Fsp3) is 0.0400. The summed E-state index contributed by atoms with van der Waals surface area (Å²) in [5.74, 6) is -0.529. The van der Waals surface area contributed by atoms with Gasteiger partial charge in [0.2, 0.25) is 0 Å². The van der Waals surface area contributed by atoms with Crippen molar-refractivity contribution in [3.05, 3.63) is 117 Å². The average Bonchev–Trinajstić information content (AvgIpc) is 3.05. The van der Waals surface area contributed by atoms with E-state index in [1.165, 1.54) is 0 Å². The van der Waals surface area contributed by atoms with Crippen LogP contribution in [0.4, 0.5) is 5.69 Å². The summed E-state index contributed by atoms with van der Waals surface area (Å²) >= 11 is 0. The number of para-hydroxylation sites is 1. The fourth-order valence-corrected chi connectivity index (χ4v) is 4.52. The highest BCUT2D eigenvalue weighted by Gasteiger charge is 2.42. The number of benzene rings is 3. The maximum absolute atomic E-state index is 13.4. The van der Waals surface area contributed by atoms with Gasteiger partial charge in [-0.3, -0.25) is 4.79 Å². The van der Waals surface area contributed by atoms with E-state index < -0.39 is 11.5 Å². The smallest absolute Gasteiger partial charge is 0.342 e. The molecular formula is C25H15NO3. The molecule has 29 heavy (non-hydrogen) atoms. The van der Waals surface area contributed by atoms with Crippen molar-refractivity contribution in [3.63, 3.8) is 0 Å². The molecule has 1 aliphatic heterocycles. The molecule has 0 radical (unpaired) electrons. The Hall–Kier alpha value is -3.92. The third-order valence-corrected chi connectivity index (χ3v) is 5.76. The molecule has 0 amide bonds. The van der Waals surface area contributed by atoms with Gasteiger partial charge in [0.25, 0.3) is 0 Å². The summed E-state index contributed by atoms with van der Waals surface area (Å²) in [6.45, 7) is 0. The van der Waals surface area contributed by atoms with Crippen LogP contribution >= 0.6 is 0 Å². The van der Waals surface area contributed by atoms with E-state index in [1.54, 1.807) is 6.07 Å². The van der Waals surface area contributed by atoms with Crippen LogP contribution in [0, 0.1) is 0 Å². The molecular weight excluding hydrogens is 362 g/mol. The number of anilines is 1. The molecule has 0 spiro atoms. The number of carbonyl (C=O) groups excluding carboxylic acids is 1. The Morgan fingerprint density at radius 1 is 0.759 bits per heavy atom. The van der Waals surface area contributed by atoms with Gasteiger partial charge in [0.05, 0.1) is 16.9 Å². The summed E-state index contributed by atoms with van der Waals surface area (Å²) in [6, 6.07) is 24.7. The fourth-order valence-electron chi connectivity index (χ4n) is 4.52. The van der Waals surface area contributed by atoms with E-state index in [-0.39, 0.29) is 5.78 Å². The molecule has 4 nitrogen and oxygen atoms in total. The zero-order valence-corrected chi connectivity index (χ0v) is 15.3. The minimum absolute atomic E-state index is 0.0461. The van der Waals surface area contributed by atoms with E-state index in [4.69, 9.17) is 4.42 Å². The molecule has 1 aliphatic carbocycles. The van der Waals surface area contributed by atoms with E-state index in [0.717, 1.165) is 22.2 Å². The van der Waals surface area contributed by atoms with Crippen LogP contribution in [0.1, 0.15) is 33.0 Å². The highest BCUT2D eigenvalue weighted by Crippen LogP contribution is 2.49. The van der Waals surface area contributed by atoms with Crippen LogP contribution in [-0.4, -0.2) is 5.78 Å². The number of ketones is 1. The molecule has 1 atom stereocenters. The summed E-state index contributed by atoms with van der Waals surface area (Å²) in [4.78, 5) is 26.5. The Labute approximate surface area is 166 Å². The van der Waals surface area contributed by atoms with Crippen molar-refractivity contribution < 1.29 is 9.21 Å². The lowest BCUT2D eigenvalue weighted by molar-refractivity contribution is 0.103. The maximum Gasteiger partial charge on any atom is 0.342 e.